The molecular weight excluding hydrogens is 264 g/mol. The third-order valence-corrected chi connectivity index (χ3v) is 3.80. The van der Waals surface area contributed by atoms with Gasteiger partial charge in [0, 0.05) is 13.1 Å². The Hall–Kier alpha value is -1.82. The van der Waals surface area contributed by atoms with Crippen LogP contribution in [0.25, 0.3) is 11.0 Å². The van der Waals surface area contributed by atoms with Crippen LogP contribution in [-0.4, -0.2) is 40.2 Å². The van der Waals surface area contributed by atoms with Crippen molar-refractivity contribution < 1.29 is 13.9 Å². The van der Waals surface area contributed by atoms with Crippen LogP contribution in [0.5, 0.6) is 0 Å². The summed E-state index contributed by atoms with van der Waals surface area (Å²) in [5, 5.41) is 9.77. The zero-order chi connectivity index (χ0) is 14.2. The molecule has 20 heavy (non-hydrogen) atoms. The van der Waals surface area contributed by atoms with Crippen LogP contribution >= 0.6 is 0 Å². The van der Waals surface area contributed by atoms with Crippen LogP contribution in [0.4, 0.5) is 14.6 Å². The number of nitrogens with zero attached hydrogens (tertiary/aromatic N) is 3. The Morgan fingerprint density at radius 3 is 2.45 bits per heavy atom. The van der Waals surface area contributed by atoms with Gasteiger partial charge in [-0.2, -0.15) is 0 Å². The lowest BCUT2D eigenvalue weighted by Gasteiger charge is -2.37. The van der Waals surface area contributed by atoms with E-state index in [0.29, 0.717) is 18.9 Å². The van der Waals surface area contributed by atoms with E-state index in [2.05, 4.69) is 9.97 Å². The van der Waals surface area contributed by atoms with Gasteiger partial charge in [0.2, 0.25) is 0 Å². The van der Waals surface area contributed by atoms with Crippen molar-refractivity contribution in [2.45, 2.75) is 24.9 Å². The minimum Gasteiger partial charge on any atom is -0.384 e. The van der Waals surface area contributed by atoms with Crippen LogP contribution in [-0.2, 0) is 0 Å². The molecule has 0 aliphatic carbocycles. The summed E-state index contributed by atoms with van der Waals surface area (Å²) < 4.78 is 25.5. The van der Waals surface area contributed by atoms with Crippen molar-refractivity contribution in [3.8, 4) is 0 Å². The van der Waals surface area contributed by atoms with Crippen LogP contribution < -0.4 is 4.90 Å². The van der Waals surface area contributed by atoms with Crippen LogP contribution in [0.1, 0.15) is 12.8 Å². The fraction of sp³-hybridized carbons (Fsp3) is 0.429. The second kappa shape index (κ2) is 4.94. The third-order valence-electron chi connectivity index (χ3n) is 3.80. The molecule has 0 radical (unpaired) electrons. The number of fused-ring (bicyclic) bond motifs is 1. The number of aromatic nitrogens is 2. The molecule has 2 aromatic rings. The van der Waals surface area contributed by atoms with Crippen LogP contribution in [0.15, 0.2) is 30.5 Å². The van der Waals surface area contributed by atoms with E-state index in [9.17, 15) is 13.9 Å². The van der Waals surface area contributed by atoms with Crippen LogP contribution in [0, 0.1) is 0 Å². The quantitative estimate of drug-likeness (QED) is 0.916. The summed E-state index contributed by atoms with van der Waals surface area (Å²) in [5.41, 5.74) is -0.280. The summed E-state index contributed by atoms with van der Waals surface area (Å²) in [6, 6.07) is 7.51. The third kappa shape index (κ3) is 2.31. The van der Waals surface area contributed by atoms with E-state index < -0.39 is 12.0 Å². The minimum absolute atomic E-state index is 0.0408. The van der Waals surface area contributed by atoms with E-state index >= 15 is 0 Å². The molecular formula is C14H15F2N3O. The van der Waals surface area contributed by atoms with Gasteiger partial charge < -0.3 is 10.0 Å². The van der Waals surface area contributed by atoms with Crippen molar-refractivity contribution in [1.82, 2.24) is 9.97 Å². The van der Waals surface area contributed by atoms with Crippen LogP contribution in [0.3, 0.4) is 0 Å². The molecule has 1 aliphatic heterocycles. The van der Waals surface area contributed by atoms with Gasteiger partial charge in [0.05, 0.1) is 17.2 Å². The first-order chi connectivity index (χ1) is 9.58. The van der Waals surface area contributed by atoms with E-state index in [1.54, 1.807) is 6.20 Å². The summed E-state index contributed by atoms with van der Waals surface area (Å²) in [6.45, 7) is 0.710. The minimum atomic E-state index is -2.70. The second-order valence-electron chi connectivity index (χ2n) is 5.11. The molecule has 106 valence electrons. The molecule has 0 bridgehead atoms. The first kappa shape index (κ1) is 13.2. The zero-order valence-electron chi connectivity index (χ0n) is 10.8. The number of halogens is 2. The molecule has 0 saturated carbocycles. The Kier molecular flexibility index (Phi) is 3.25. The van der Waals surface area contributed by atoms with Gasteiger partial charge in [0.1, 0.15) is 11.4 Å². The molecule has 3 rings (SSSR count). The summed E-state index contributed by atoms with van der Waals surface area (Å²) in [6.07, 6.45) is -0.972. The predicted octanol–water partition coefficient (Wildman–Crippen LogP) is 2.23. The van der Waals surface area contributed by atoms with Crippen molar-refractivity contribution >= 4 is 16.9 Å². The van der Waals surface area contributed by atoms with E-state index in [1.165, 1.54) is 0 Å². The van der Waals surface area contributed by atoms with Crippen molar-refractivity contribution in [3.63, 3.8) is 0 Å². The number of benzene rings is 1. The standard InChI is InChI=1S/C14H15F2N3O/c15-13(16)14(20)5-7-19(8-6-14)12-9-17-10-3-1-2-4-11(10)18-12/h1-4,9,13,20H,5-8H2. The molecule has 1 saturated heterocycles. The Labute approximate surface area is 115 Å². The highest BCUT2D eigenvalue weighted by Gasteiger charge is 2.40. The molecule has 0 spiro atoms. The van der Waals surface area contributed by atoms with Gasteiger partial charge in [-0.25, -0.2) is 13.8 Å². The highest BCUT2D eigenvalue weighted by molar-refractivity contribution is 5.75. The Balaban J connectivity index is 1.80. The van der Waals surface area contributed by atoms with Gasteiger partial charge in [-0.05, 0) is 25.0 Å². The van der Waals surface area contributed by atoms with Gasteiger partial charge in [-0.1, -0.05) is 12.1 Å². The summed E-state index contributed by atoms with van der Waals surface area (Å²) in [4.78, 5) is 10.7. The topological polar surface area (TPSA) is 49.2 Å². The maximum absolute atomic E-state index is 12.7. The summed E-state index contributed by atoms with van der Waals surface area (Å²) in [5.74, 6) is 0.667. The molecule has 1 N–H and O–H groups in total. The Bertz CT molecular complexity index is 612. The van der Waals surface area contributed by atoms with E-state index in [0.717, 1.165) is 11.0 Å². The van der Waals surface area contributed by atoms with Gasteiger partial charge in [0.25, 0.3) is 6.43 Å². The molecule has 0 amide bonds. The number of anilines is 1. The lowest BCUT2D eigenvalue weighted by Crippen LogP contribution is -2.49. The van der Waals surface area contributed by atoms with E-state index in [4.69, 9.17) is 0 Å². The van der Waals surface area contributed by atoms with Crippen molar-refractivity contribution in [3.05, 3.63) is 30.5 Å². The van der Waals surface area contributed by atoms with Crippen molar-refractivity contribution in [1.29, 1.82) is 0 Å². The van der Waals surface area contributed by atoms with Crippen molar-refractivity contribution in [2.75, 3.05) is 18.0 Å². The Morgan fingerprint density at radius 2 is 1.80 bits per heavy atom. The van der Waals surface area contributed by atoms with E-state index in [1.807, 2.05) is 29.2 Å². The molecule has 1 aromatic heterocycles. The molecule has 0 atom stereocenters. The lowest BCUT2D eigenvalue weighted by atomic mass is 9.92. The molecule has 4 nitrogen and oxygen atoms in total. The average molecular weight is 279 g/mol. The van der Waals surface area contributed by atoms with E-state index in [-0.39, 0.29) is 12.8 Å². The number of aliphatic hydroxyl groups is 1. The largest absolute Gasteiger partial charge is 0.384 e. The SMILES string of the molecule is OC1(C(F)F)CCN(c2cnc3ccccc3n2)CC1. The van der Waals surface area contributed by atoms with Crippen LogP contribution in [0.2, 0.25) is 0 Å². The Morgan fingerprint density at radius 1 is 1.15 bits per heavy atom. The smallest absolute Gasteiger partial charge is 0.266 e. The number of alkyl halides is 2. The number of hydrogen-bond donors (Lipinski definition) is 1. The fourth-order valence-electron chi connectivity index (χ4n) is 2.44. The molecule has 6 heteroatoms. The van der Waals surface area contributed by atoms with Gasteiger partial charge in [-0.15, -0.1) is 0 Å². The number of para-hydroxylation sites is 2. The normalized spacial score (nSPS) is 18.7. The molecule has 1 fully saturated rings. The fourth-order valence-corrected chi connectivity index (χ4v) is 2.44. The molecule has 1 aromatic carbocycles. The number of piperidine rings is 1. The number of hydrogen-bond acceptors (Lipinski definition) is 4. The highest BCUT2D eigenvalue weighted by atomic mass is 19.3. The van der Waals surface area contributed by atoms with Gasteiger partial charge in [-0.3, -0.25) is 4.98 Å². The molecule has 1 aliphatic rings. The first-order valence-corrected chi connectivity index (χ1v) is 6.56. The average Bonchev–Trinajstić information content (AvgIpc) is 2.47. The summed E-state index contributed by atoms with van der Waals surface area (Å²) in [7, 11) is 0. The second-order valence-corrected chi connectivity index (χ2v) is 5.11. The monoisotopic (exact) mass is 279 g/mol. The van der Waals surface area contributed by atoms with Crippen molar-refractivity contribution in [2.24, 2.45) is 0 Å². The highest BCUT2D eigenvalue weighted by Crippen LogP contribution is 2.30. The van der Waals surface area contributed by atoms with Gasteiger partial charge >= 0.3 is 0 Å². The van der Waals surface area contributed by atoms with Gasteiger partial charge in [0.15, 0.2) is 0 Å². The summed E-state index contributed by atoms with van der Waals surface area (Å²) >= 11 is 0. The predicted molar refractivity (Wildman–Crippen MR) is 71.9 cm³/mol. The molecule has 2 heterocycles. The first-order valence-electron chi connectivity index (χ1n) is 6.56. The number of rotatable bonds is 2. The molecule has 0 unspecified atom stereocenters. The maximum Gasteiger partial charge on any atom is 0.266 e. The lowest BCUT2D eigenvalue weighted by molar-refractivity contribution is -0.109. The maximum atomic E-state index is 12.7. The zero-order valence-corrected chi connectivity index (χ0v) is 10.8.